The van der Waals surface area contributed by atoms with Crippen molar-refractivity contribution in [2.45, 2.75) is 45.3 Å². The van der Waals surface area contributed by atoms with Crippen LogP contribution in [0.25, 0.3) is 11.2 Å². The van der Waals surface area contributed by atoms with Gasteiger partial charge < -0.3 is 18.9 Å². The molecule has 3 rings (SSSR count). The lowest BCUT2D eigenvalue weighted by molar-refractivity contribution is -0.166. The van der Waals surface area contributed by atoms with Gasteiger partial charge in [0.1, 0.15) is 24.6 Å². The normalized spacial score (nSPS) is 24.1. The Balaban J connectivity index is 2.01. The molecule has 0 spiro atoms. The predicted octanol–water partition coefficient (Wildman–Crippen LogP) is 0.804. The molecule has 0 aliphatic carbocycles. The fraction of sp³-hybridized carbons (Fsp3) is 0.500. The highest BCUT2D eigenvalue weighted by atomic mass is 35.5. The quantitative estimate of drug-likeness (QED) is 0.394. The summed E-state index contributed by atoms with van der Waals surface area (Å²) in [6.07, 6.45) is -1.24. The van der Waals surface area contributed by atoms with Crippen molar-refractivity contribution in [3.63, 3.8) is 0 Å². The van der Waals surface area contributed by atoms with E-state index in [0.717, 1.165) is 0 Å². The molecule has 150 valence electrons. The number of esters is 3. The molecule has 0 aromatic carbocycles. The standard InChI is InChI=1S/C16H17ClN4O7/c1-7(22)25-4-10-12(26-8(2)23)13(27-9(3)24)16(28-10)21-6-20-11-14(17)18-5-19-15(11)21/h5-6,10,12-13,16H,4H2,1-3H3/t10-,12?,13?,16-/m1/s1. The van der Waals surface area contributed by atoms with Crippen molar-refractivity contribution < 1.29 is 33.3 Å². The van der Waals surface area contributed by atoms with Gasteiger partial charge in [0.05, 0.1) is 6.33 Å². The Kier molecular flexibility index (Phi) is 5.75. The SMILES string of the molecule is CC(=O)OC[C@H]1O[C@@H](n2cnc3c(Cl)ncnc32)C(OC(C)=O)C1OC(C)=O. The maximum Gasteiger partial charge on any atom is 0.303 e. The number of imidazole rings is 1. The maximum absolute atomic E-state index is 11.7. The molecule has 0 radical (unpaired) electrons. The van der Waals surface area contributed by atoms with E-state index in [9.17, 15) is 14.4 Å². The lowest BCUT2D eigenvalue weighted by Gasteiger charge is -2.23. The van der Waals surface area contributed by atoms with E-state index < -0.39 is 42.4 Å². The van der Waals surface area contributed by atoms with Gasteiger partial charge in [-0.3, -0.25) is 19.0 Å². The van der Waals surface area contributed by atoms with Crippen LogP contribution in [0.1, 0.15) is 27.0 Å². The summed E-state index contributed by atoms with van der Waals surface area (Å²) in [5.74, 6) is -1.76. The van der Waals surface area contributed by atoms with Crippen molar-refractivity contribution in [1.29, 1.82) is 0 Å². The van der Waals surface area contributed by atoms with Crippen LogP contribution in [0, 0.1) is 0 Å². The molecule has 0 saturated carbocycles. The summed E-state index contributed by atoms with van der Waals surface area (Å²) in [4.78, 5) is 46.6. The molecule has 1 aliphatic rings. The van der Waals surface area contributed by atoms with Crippen molar-refractivity contribution in [1.82, 2.24) is 19.5 Å². The third kappa shape index (κ3) is 4.04. The second-order valence-electron chi connectivity index (χ2n) is 6.00. The highest BCUT2D eigenvalue weighted by Crippen LogP contribution is 2.36. The van der Waals surface area contributed by atoms with Gasteiger partial charge in [0.15, 0.2) is 29.2 Å². The van der Waals surface area contributed by atoms with Gasteiger partial charge in [-0.25, -0.2) is 15.0 Å². The summed E-state index contributed by atoms with van der Waals surface area (Å²) in [5.41, 5.74) is 0.652. The fourth-order valence-electron chi connectivity index (χ4n) is 2.93. The van der Waals surface area contributed by atoms with Crippen molar-refractivity contribution in [3.05, 3.63) is 17.8 Å². The average molecular weight is 413 g/mol. The average Bonchev–Trinajstić information content (AvgIpc) is 3.16. The van der Waals surface area contributed by atoms with E-state index in [4.69, 9.17) is 30.5 Å². The van der Waals surface area contributed by atoms with E-state index in [1.165, 1.54) is 38.0 Å². The van der Waals surface area contributed by atoms with Gasteiger partial charge in [0.25, 0.3) is 0 Å². The maximum atomic E-state index is 11.7. The van der Waals surface area contributed by atoms with Crippen LogP contribution >= 0.6 is 11.6 Å². The molecule has 4 atom stereocenters. The first-order valence-corrected chi connectivity index (χ1v) is 8.62. The number of hydrogen-bond acceptors (Lipinski definition) is 10. The summed E-state index contributed by atoms with van der Waals surface area (Å²) in [7, 11) is 0. The van der Waals surface area contributed by atoms with Gasteiger partial charge in [-0.05, 0) is 0 Å². The molecule has 0 bridgehead atoms. The van der Waals surface area contributed by atoms with Crippen molar-refractivity contribution in [3.8, 4) is 0 Å². The van der Waals surface area contributed by atoms with E-state index >= 15 is 0 Å². The number of hydrogen-bond donors (Lipinski definition) is 0. The molecular weight excluding hydrogens is 396 g/mol. The molecule has 0 amide bonds. The molecule has 11 nitrogen and oxygen atoms in total. The Labute approximate surface area is 163 Å². The Hall–Kier alpha value is -2.79. The third-order valence-electron chi connectivity index (χ3n) is 3.93. The highest BCUT2D eigenvalue weighted by Gasteiger charge is 2.51. The zero-order valence-electron chi connectivity index (χ0n) is 15.2. The number of ether oxygens (including phenoxy) is 4. The highest BCUT2D eigenvalue weighted by molar-refractivity contribution is 6.33. The van der Waals surface area contributed by atoms with Gasteiger partial charge >= 0.3 is 17.9 Å². The minimum atomic E-state index is -1.03. The zero-order chi connectivity index (χ0) is 20.4. The van der Waals surface area contributed by atoms with Crippen molar-refractivity contribution in [2.75, 3.05) is 6.61 Å². The fourth-order valence-corrected chi connectivity index (χ4v) is 3.10. The van der Waals surface area contributed by atoms with Gasteiger partial charge in [0.2, 0.25) is 0 Å². The molecule has 2 aromatic rings. The Morgan fingerprint density at radius 2 is 1.75 bits per heavy atom. The second-order valence-corrected chi connectivity index (χ2v) is 6.36. The Bertz CT molecular complexity index is 918. The molecule has 1 aliphatic heterocycles. The molecule has 2 aromatic heterocycles. The van der Waals surface area contributed by atoms with Gasteiger partial charge in [-0.2, -0.15) is 0 Å². The number of carbonyl (C=O) groups is 3. The molecule has 12 heteroatoms. The first-order chi connectivity index (χ1) is 13.3. The van der Waals surface area contributed by atoms with Crippen LogP contribution < -0.4 is 0 Å². The molecule has 28 heavy (non-hydrogen) atoms. The molecule has 1 fully saturated rings. The zero-order valence-corrected chi connectivity index (χ0v) is 16.0. The molecular formula is C16H17ClN4O7. The minimum Gasteiger partial charge on any atom is -0.463 e. The van der Waals surface area contributed by atoms with Gasteiger partial charge in [-0.1, -0.05) is 11.6 Å². The number of fused-ring (bicyclic) bond motifs is 1. The van der Waals surface area contributed by atoms with Crippen molar-refractivity contribution >= 4 is 40.7 Å². The second kappa shape index (κ2) is 8.07. The number of carbonyl (C=O) groups excluding carboxylic acids is 3. The van der Waals surface area contributed by atoms with Gasteiger partial charge in [-0.15, -0.1) is 0 Å². The summed E-state index contributed by atoms with van der Waals surface area (Å²) in [5, 5.41) is 0.138. The van der Waals surface area contributed by atoms with E-state index in [0.29, 0.717) is 11.2 Å². The van der Waals surface area contributed by atoms with Crippen molar-refractivity contribution in [2.24, 2.45) is 0 Å². The molecule has 1 saturated heterocycles. The van der Waals surface area contributed by atoms with Crippen LogP contribution in [0.15, 0.2) is 12.7 Å². The van der Waals surface area contributed by atoms with Gasteiger partial charge in [0, 0.05) is 20.8 Å². The first kappa shape index (κ1) is 20.0. The predicted molar refractivity (Wildman–Crippen MR) is 92.0 cm³/mol. The minimum absolute atomic E-state index is 0.138. The van der Waals surface area contributed by atoms with Crippen LogP contribution in [0.5, 0.6) is 0 Å². The molecule has 0 N–H and O–H groups in total. The molecule has 3 heterocycles. The van der Waals surface area contributed by atoms with E-state index in [2.05, 4.69) is 15.0 Å². The molecule has 2 unspecified atom stereocenters. The van der Waals surface area contributed by atoms with Crippen LogP contribution in [0.3, 0.4) is 0 Å². The van der Waals surface area contributed by atoms with Crippen LogP contribution in [-0.4, -0.2) is 62.3 Å². The lowest BCUT2D eigenvalue weighted by Crippen LogP contribution is -2.40. The van der Waals surface area contributed by atoms with Crippen LogP contribution in [0.4, 0.5) is 0 Å². The number of rotatable bonds is 5. The monoisotopic (exact) mass is 412 g/mol. The lowest BCUT2D eigenvalue weighted by atomic mass is 10.1. The number of nitrogens with zero attached hydrogens (tertiary/aromatic N) is 4. The van der Waals surface area contributed by atoms with E-state index in [1.54, 1.807) is 0 Å². The topological polar surface area (TPSA) is 132 Å². The van der Waals surface area contributed by atoms with Crippen LogP contribution in [-0.2, 0) is 33.3 Å². The largest absolute Gasteiger partial charge is 0.463 e. The number of aromatic nitrogens is 4. The summed E-state index contributed by atoms with van der Waals surface area (Å²) in [6.45, 7) is 3.45. The van der Waals surface area contributed by atoms with E-state index in [-0.39, 0.29) is 11.8 Å². The smallest absolute Gasteiger partial charge is 0.303 e. The number of halogens is 1. The first-order valence-electron chi connectivity index (χ1n) is 8.24. The summed E-state index contributed by atoms with van der Waals surface area (Å²) >= 11 is 6.03. The Morgan fingerprint density at radius 1 is 1.07 bits per heavy atom. The Morgan fingerprint density at radius 3 is 2.39 bits per heavy atom. The third-order valence-corrected chi connectivity index (χ3v) is 4.21. The summed E-state index contributed by atoms with van der Waals surface area (Å²) < 4.78 is 23.1. The summed E-state index contributed by atoms with van der Waals surface area (Å²) in [6, 6.07) is 0. The van der Waals surface area contributed by atoms with E-state index in [1.807, 2.05) is 0 Å². The van der Waals surface area contributed by atoms with Crippen LogP contribution in [0.2, 0.25) is 5.15 Å².